The maximum absolute atomic E-state index is 13.0. The summed E-state index contributed by atoms with van der Waals surface area (Å²) < 4.78 is 22.5. The summed E-state index contributed by atoms with van der Waals surface area (Å²) in [5.74, 6) is 0.601. The smallest absolute Gasteiger partial charge is 0.249 e. The fraction of sp³-hybridized carbons (Fsp3) is 0.320. The van der Waals surface area contributed by atoms with Crippen molar-refractivity contribution in [2.45, 2.75) is 0 Å². The number of benzene rings is 2. The van der Waals surface area contributed by atoms with Crippen molar-refractivity contribution in [3.05, 3.63) is 53.7 Å². The standard InChI is InChI=1S/C25H29ClN4O6/c1-33-12-11-29(24(32)16-34-2)15-23(31)28-25-27-20(17-5-7-18(26)8-6-17)14-30(25)19-9-10-21(35-3)22(13-19)36-4/h5-10,13-14H,11-12,15-16H2,1-4H3,(H,27,28,31). The summed E-state index contributed by atoms with van der Waals surface area (Å²) in [6, 6.07) is 12.6. The van der Waals surface area contributed by atoms with Crippen LogP contribution < -0.4 is 14.8 Å². The predicted molar refractivity (Wildman–Crippen MR) is 136 cm³/mol. The molecule has 1 aromatic heterocycles. The number of ether oxygens (including phenoxy) is 4. The highest BCUT2D eigenvalue weighted by Gasteiger charge is 2.20. The molecule has 1 N–H and O–H groups in total. The molecular weight excluding hydrogens is 488 g/mol. The van der Waals surface area contributed by atoms with Crippen molar-refractivity contribution in [2.24, 2.45) is 0 Å². The van der Waals surface area contributed by atoms with E-state index in [0.717, 1.165) is 5.56 Å². The van der Waals surface area contributed by atoms with Gasteiger partial charge in [-0.2, -0.15) is 0 Å². The largest absolute Gasteiger partial charge is 0.493 e. The number of nitrogens with one attached hydrogen (secondary N) is 1. The third kappa shape index (κ3) is 6.75. The van der Waals surface area contributed by atoms with Crippen molar-refractivity contribution in [1.29, 1.82) is 0 Å². The Bertz CT molecular complexity index is 1180. The highest BCUT2D eigenvalue weighted by molar-refractivity contribution is 6.30. The summed E-state index contributed by atoms with van der Waals surface area (Å²) in [6.45, 7) is 0.189. The van der Waals surface area contributed by atoms with Crippen LogP contribution in [-0.2, 0) is 19.1 Å². The van der Waals surface area contributed by atoms with Gasteiger partial charge < -0.3 is 23.8 Å². The lowest BCUT2D eigenvalue weighted by Gasteiger charge is -2.21. The van der Waals surface area contributed by atoms with Gasteiger partial charge in [0.25, 0.3) is 0 Å². The zero-order valence-corrected chi connectivity index (χ0v) is 21.4. The van der Waals surface area contributed by atoms with Gasteiger partial charge in [-0.1, -0.05) is 23.7 Å². The molecule has 1 heterocycles. The number of hydrogen-bond acceptors (Lipinski definition) is 7. The highest BCUT2D eigenvalue weighted by atomic mass is 35.5. The van der Waals surface area contributed by atoms with Gasteiger partial charge >= 0.3 is 0 Å². The summed E-state index contributed by atoms with van der Waals surface area (Å²) in [5.41, 5.74) is 2.11. The van der Waals surface area contributed by atoms with Gasteiger partial charge in [0.05, 0.1) is 32.2 Å². The lowest BCUT2D eigenvalue weighted by molar-refractivity contribution is -0.138. The van der Waals surface area contributed by atoms with E-state index in [2.05, 4.69) is 10.3 Å². The first-order valence-corrected chi connectivity index (χ1v) is 11.4. The molecule has 2 amide bonds. The number of imidazole rings is 1. The zero-order chi connectivity index (χ0) is 26.1. The number of aromatic nitrogens is 2. The van der Waals surface area contributed by atoms with Crippen molar-refractivity contribution >= 4 is 29.4 Å². The molecule has 0 fully saturated rings. The number of rotatable bonds is 12. The molecule has 3 aromatic rings. The molecule has 0 saturated heterocycles. The van der Waals surface area contributed by atoms with E-state index in [1.165, 1.54) is 19.1 Å². The maximum atomic E-state index is 13.0. The maximum Gasteiger partial charge on any atom is 0.249 e. The topological polar surface area (TPSA) is 104 Å². The second-order valence-corrected chi connectivity index (χ2v) is 8.09. The molecule has 0 radical (unpaired) electrons. The van der Waals surface area contributed by atoms with Crippen molar-refractivity contribution in [2.75, 3.05) is 60.1 Å². The molecule has 0 bridgehead atoms. The van der Waals surface area contributed by atoms with E-state index in [4.69, 9.17) is 30.5 Å². The molecule has 3 rings (SSSR count). The Balaban J connectivity index is 1.95. The van der Waals surface area contributed by atoms with Gasteiger partial charge in [0.15, 0.2) is 11.5 Å². The highest BCUT2D eigenvalue weighted by Crippen LogP contribution is 2.32. The Morgan fingerprint density at radius 1 is 1.00 bits per heavy atom. The monoisotopic (exact) mass is 516 g/mol. The Kier molecular flexibility index (Phi) is 9.69. The molecule has 0 spiro atoms. The third-order valence-corrected chi connectivity index (χ3v) is 5.51. The molecule has 0 aliphatic rings. The minimum absolute atomic E-state index is 0.141. The lowest BCUT2D eigenvalue weighted by Crippen LogP contribution is -2.41. The molecule has 0 aliphatic heterocycles. The Labute approximate surface area is 214 Å². The number of methoxy groups -OCH3 is 4. The molecule has 0 atom stereocenters. The first kappa shape index (κ1) is 27.0. The summed E-state index contributed by atoms with van der Waals surface area (Å²) in [6.07, 6.45) is 1.79. The Morgan fingerprint density at radius 2 is 1.72 bits per heavy atom. The number of carbonyl (C=O) groups excluding carboxylic acids is 2. The Hall–Kier alpha value is -3.60. The molecule has 36 heavy (non-hydrogen) atoms. The first-order valence-electron chi connectivity index (χ1n) is 11.0. The van der Waals surface area contributed by atoms with Crippen molar-refractivity contribution in [3.8, 4) is 28.4 Å². The second-order valence-electron chi connectivity index (χ2n) is 7.66. The second kappa shape index (κ2) is 12.9. The van der Waals surface area contributed by atoms with Crippen LogP contribution >= 0.6 is 11.6 Å². The van der Waals surface area contributed by atoms with Crippen LogP contribution in [0.3, 0.4) is 0 Å². The van der Waals surface area contributed by atoms with Crippen LogP contribution in [-0.4, -0.2) is 81.0 Å². The number of nitrogens with zero attached hydrogens (tertiary/aromatic N) is 3. The predicted octanol–water partition coefficient (Wildman–Crippen LogP) is 3.27. The number of anilines is 1. The summed E-state index contributed by atoms with van der Waals surface area (Å²) in [4.78, 5) is 31.4. The SMILES string of the molecule is COCCN(CC(=O)Nc1nc(-c2ccc(Cl)cc2)cn1-c1ccc(OC)c(OC)c1)C(=O)COC. The first-order chi connectivity index (χ1) is 17.4. The quantitative estimate of drug-likeness (QED) is 0.394. The van der Waals surface area contributed by atoms with E-state index in [-0.39, 0.29) is 38.2 Å². The van der Waals surface area contributed by atoms with Gasteiger partial charge in [0, 0.05) is 43.6 Å². The van der Waals surface area contributed by atoms with E-state index < -0.39 is 5.91 Å². The molecule has 0 saturated carbocycles. The third-order valence-electron chi connectivity index (χ3n) is 5.26. The minimum Gasteiger partial charge on any atom is -0.493 e. The van der Waals surface area contributed by atoms with Crippen LogP contribution in [0, 0.1) is 0 Å². The van der Waals surface area contributed by atoms with Crippen LogP contribution in [0.1, 0.15) is 0 Å². The van der Waals surface area contributed by atoms with Crippen LogP contribution in [0.25, 0.3) is 16.9 Å². The Morgan fingerprint density at radius 3 is 2.36 bits per heavy atom. The average Bonchev–Trinajstić information content (AvgIpc) is 3.30. The molecule has 0 aliphatic carbocycles. The van der Waals surface area contributed by atoms with E-state index in [9.17, 15) is 9.59 Å². The zero-order valence-electron chi connectivity index (χ0n) is 20.6. The summed E-state index contributed by atoms with van der Waals surface area (Å²) in [5, 5.41) is 3.42. The number of hydrogen-bond donors (Lipinski definition) is 1. The van der Waals surface area contributed by atoms with Gasteiger partial charge in [-0.15, -0.1) is 0 Å². The van der Waals surface area contributed by atoms with Crippen molar-refractivity contribution < 1.29 is 28.5 Å². The molecule has 2 aromatic carbocycles. The minimum atomic E-state index is -0.425. The fourth-order valence-electron chi connectivity index (χ4n) is 3.45. The van der Waals surface area contributed by atoms with E-state index in [1.54, 1.807) is 49.2 Å². The molecule has 192 valence electrons. The normalized spacial score (nSPS) is 10.7. The molecule has 10 nitrogen and oxygen atoms in total. The van der Waals surface area contributed by atoms with E-state index in [1.807, 2.05) is 18.2 Å². The number of halogens is 1. The van der Waals surface area contributed by atoms with E-state index >= 15 is 0 Å². The lowest BCUT2D eigenvalue weighted by atomic mass is 10.2. The van der Waals surface area contributed by atoms with Gasteiger partial charge in [-0.25, -0.2) is 4.98 Å². The van der Waals surface area contributed by atoms with Crippen LogP contribution in [0.15, 0.2) is 48.7 Å². The molecular formula is C25H29ClN4O6. The van der Waals surface area contributed by atoms with Gasteiger partial charge in [0.2, 0.25) is 17.8 Å². The van der Waals surface area contributed by atoms with Crippen molar-refractivity contribution in [1.82, 2.24) is 14.5 Å². The van der Waals surface area contributed by atoms with Gasteiger partial charge in [-0.3, -0.25) is 19.5 Å². The van der Waals surface area contributed by atoms with Gasteiger partial charge in [-0.05, 0) is 24.3 Å². The number of carbonyl (C=O) groups is 2. The van der Waals surface area contributed by atoms with Gasteiger partial charge in [0.1, 0.15) is 13.2 Å². The fourth-order valence-corrected chi connectivity index (χ4v) is 3.57. The average molecular weight is 517 g/mol. The summed E-state index contributed by atoms with van der Waals surface area (Å²) in [7, 11) is 6.05. The number of amides is 2. The van der Waals surface area contributed by atoms with Crippen LogP contribution in [0.5, 0.6) is 11.5 Å². The molecule has 0 unspecified atom stereocenters. The summed E-state index contributed by atoms with van der Waals surface area (Å²) >= 11 is 6.04. The van der Waals surface area contributed by atoms with Crippen molar-refractivity contribution in [3.63, 3.8) is 0 Å². The molecule has 11 heteroatoms. The van der Waals surface area contributed by atoms with E-state index in [0.29, 0.717) is 27.9 Å². The van der Waals surface area contributed by atoms with Crippen LogP contribution in [0.2, 0.25) is 5.02 Å². The van der Waals surface area contributed by atoms with Crippen LogP contribution in [0.4, 0.5) is 5.95 Å².